The molecule has 1 nitrogen and oxygen atoms in total. The van der Waals surface area contributed by atoms with Crippen LogP contribution < -0.4 is 5.32 Å². The van der Waals surface area contributed by atoms with Crippen LogP contribution in [-0.4, -0.2) is 13.1 Å². The van der Waals surface area contributed by atoms with E-state index in [0.717, 1.165) is 11.3 Å². The van der Waals surface area contributed by atoms with Crippen molar-refractivity contribution >= 4 is 0 Å². The summed E-state index contributed by atoms with van der Waals surface area (Å²) in [6, 6.07) is 0. The molecule has 0 aromatic rings. The van der Waals surface area contributed by atoms with Crippen LogP contribution >= 0.6 is 0 Å². The monoisotopic (exact) mass is 195 g/mol. The molecule has 0 aliphatic heterocycles. The standard InChI is InChI=1S/C13H25N/c1-2-10-14-11-13(8-3-4-9-13)12-6-5-7-12/h12,14H,2-11H2,1H3. The fraction of sp³-hybridized carbons (Fsp3) is 1.00. The van der Waals surface area contributed by atoms with Crippen molar-refractivity contribution in [3.05, 3.63) is 0 Å². The summed E-state index contributed by atoms with van der Waals surface area (Å²) < 4.78 is 0. The summed E-state index contributed by atoms with van der Waals surface area (Å²) in [6.45, 7) is 4.79. The third-order valence-electron chi connectivity index (χ3n) is 4.47. The van der Waals surface area contributed by atoms with Crippen LogP contribution in [0.2, 0.25) is 0 Å². The Morgan fingerprint density at radius 2 is 1.86 bits per heavy atom. The summed E-state index contributed by atoms with van der Waals surface area (Å²) in [5, 5.41) is 3.67. The first-order chi connectivity index (χ1) is 6.87. The van der Waals surface area contributed by atoms with Gasteiger partial charge in [0.25, 0.3) is 0 Å². The normalized spacial score (nSPS) is 26.4. The van der Waals surface area contributed by atoms with Crippen molar-refractivity contribution in [1.29, 1.82) is 0 Å². The van der Waals surface area contributed by atoms with Crippen molar-refractivity contribution in [1.82, 2.24) is 5.32 Å². The molecule has 0 heterocycles. The van der Waals surface area contributed by atoms with Crippen LogP contribution in [0.5, 0.6) is 0 Å². The Morgan fingerprint density at radius 3 is 2.36 bits per heavy atom. The summed E-state index contributed by atoms with van der Waals surface area (Å²) in [4.78, 5) is 0. The van der Waals surface area contributed by atoms with Gasteiger partial charge in [-0.25, -0.2) is 0 Å². The molecule has 2 rings (SSSR count). The van der Waals surface area contributed by atoms with E-state index < -0.39 is 0 Å². The molecule has 0 unspecified atom stereocenters. The maximum atomic E-state index is 3.67. The van der Waals surface area contributed by atoms with Gasteiger partial charge in [-0.1, -0.05) is 26.2 Å². The van der Waals surface area contributed by atoms with Gasteiger partial charge in [0.15, 0.2) is 0 Å². The van der Waals surface area contributed by atoms with Gasteiger partial charge in [0.2, 0.25) is 0 Å². The van der Waals surface area contributed by atoms with Gasteiger partial charge >= 0.3 is 0 Å². The fourth-order valence-electron chi connectivity index (χ4n) is 3.34. The second-order valence-electron chi connectivity index (χ2n) is 5.37. The molecule has 14 heavy (non-hydrogen) atoms. The van der Waals surface area contributed by atoms with Crippen molar-refractivity contribution in [3.63, 3.8) is 0 Å². The number of hydrogen-bond acceptors (Lipinski definition) is 1. The van der Waals surface area contributed by atoms with Crippen LogP contribution in [0, 0.1) is 11.3 Å². The summed E-state index contributed by atoms with van der Waals surface area (Å²) in [6.07, 6.45) is 11.8. The Hall–Kier alpha value is -0.0400. The molecule has 0 aromatic heterocycles. The zero-order valence-corrected chi connectivity index (χ0v) is 9.65. The average Bonchev–Trinajstić information content (AvgIpc) is 2.51. The van der Waals surface area contributed by atoms with Gasteiger partial charge in [0, 0.05) is 6.54 Å². The molecule has 2 aliphatic carbocycles. The molecule has 0 aromatic carbocycles. The first-order valence-electron chi connectivity index (χ1n) is 6.58. The first kappa shape index (κ1) is 10.5. The van der Waals surface area contributed by atoms with Crippen LogP contribution in [0.1, 0.15) is 58.3 Å². The molecule has 82 valence electrons. The van der Waals surface area contributed by atoms with Crippen molar-refractivity contribution in [3.8, 4) is 0 Å². The van der Waals surface area contributed by atoms with E-state index in [2.05, 4.69) is 12.2 Å². The van der Waals surface area contributed by atoms with Crippen molar-refractivity contribution < 1.29 is 0 Å². The lowest BCUT2D eigenvalue weighted by atomic mass is 9.64. The minimum Gasteiger partial charge on any atom is -0.316 e. The van der Waals surface area contributed by atoms with Gasteiger partial charge in [-0.15, -0.1) is 0 Å². The zero-order valence-electron chi connectivity index (χ0n) is 9.65. The van der Waals surface area contributed by atoms with E-state index in [1.165, 1.54) is 64.5 Å². The van der Waals surface area contributed by atoms with Crippen LogP contribution in [0.25, 0.3) is 0 Å². The topological polar surface area (TPSA) is 12.0 Å². The molecule has 0 saturated heterocycles. The summed E-state index contributed by atoms with van der Waals surface area (Å²) in [5.41, 5.74) is 0.730. The van der Waals surface area contributed by atoms with Gasteiger partial charge in [-0.05, 0) is 50.0 Å². The molecule has 2 aliphatic rings. The smallest absolute Gasteiger partial charge is 0.00105 e. The molecule has 0 atom stereocenters. The largest absolute Gasteiger partial charge is 0.316 e. The van der Waals surface area contributed by atoms with Crippen molar-refractivity contribution in [2.75, 3.05) is 13.1 Å². The van der Waals surface area contributed by atoms with Gasteiger partial charge < -0.3 is 5.32 Å². The highest BCUT2D eigenvalue weighted by Crippen LogP contribution is 2.51. The minimum atomic E-state index is 0.730. The van der Waals surface area contributed by atoms with E-state index in [0.29, 0.717) is 0 Å². The van der Waals surface area contributed by atoms with Crippen LogP contribution in [0.3, 0.4) is 0 Å². The number of nitrogens with one attached hydrogen (secondary N) is 1. The third kappa shape index (κ3) is 1.98. The molecule has 2 saturated carbocycles. The zero-order chi connectivity index (χ0) is 9.86. The number of rotatable bonds is 5. The second kappa shape index (κ2) is 4.65. The van der Waals surface area contributed by atoms with Crippen LogP contribution in [0.4, 0.5) is 0 Å². The van der Waals surface area contributed by atoms with Crippen LogP contribution in [-0.2, 0) is 0 Å². The average molecular weight is 195 g/mol. The Kier molecular flexibility index (Phi) is 3.48. The summed E-state index contributed by atoms with van der Waals surface area (Å²) >= 11 is 0. The summed E-state index contributed by atoms with van der Waals surface area (Å²) in [7, 11) is 0. The Balaban J connectivity index is 1.85. The maximum absolute atomic E-state index is 3.67. The van der Waals surface area contributed by atoms with Crippen molar-refractivity contribution in [2.45, 2.75) is 58.3 Å². The van der Waals surface area contributed by atoms with E-state index in [1.54, 1.807) is 0 Å². The molecule has 0 radical (unpaired) electrons. The SMILES string of the molecule is CCCNCC1(C2CCC2)CCCC1. The third-order valence-corrected chi connectivity index (χ3v) is 4.47. The Bertz CT molecular complexity index is 166. The van der Waals surface area contributed by atoms with E-state index in [1.807, 2.05) is 0 Å². The molecular formula is C13H25N. The van der Waals surface area contributed by atoms with Crippen LogP contribution in [0.15, 0.2) is 0 Å². The molecule has 1 N–H and O–H groups in total. The molecule has 1 heteroatoms. The van der Waals surface area contributed by atoms with E-state index in [-0.39, 0.29) is 0 Å². The molecule has 0 bridgehead atoms. The van der Waals surface area contributed by atoms with E-state index >= 15 is 0 Å². The minimum absolute atomic E-state index is 0.730. The summed E-state index contributed by atoms with van der Waals surface area (Å²) in [5.74, 6) is 1.08. The highest BCUT2D eigenvalue weighted by atomic mass is 14.9. The van der Waals surface area contributed by atoms with Gasteiger partial charge in [0.05, 0.1) is 0 Å². The Morgan fingerprint density at radius 1 is 1.14 bits per heavy atom. The van der Waals surface area contributed by atoms with Gasteiger partial charge in [-0.3, -0.25) is 0 Å². The van der Waals surface area contributed by atoms with Gasteiger partial charge in [0.1, 0.15) is 0 Å². The number of hydrogen-bond donors (Lipinski definition) is 1. The van der Waals surface area contributed by atoms with E-state index in [9.17, 15) is 0 Å². The predicted octanol–water partition coefficient (Wildman–Crippen LogP) is 3.35. The molecular weight excluding hydrogens is 170 g/mol. The molecule has 2 fully saturated rings. The fourth-order valence-corrected chi connectivity index (χ4v) is 3.34. The lowest BCUT2D eigenvalue weighted by Gasteiger charge is -2.43. The highest BCUT2D eigenvalue weighted by Gasteiger charge is 2.42. The lowest BCUT2D eigenvalue weighted by Crippen LogP contribution is -2.41. The van der Waals surface area contributed by atoms with Gasteiger partial charge in [-0.2, -0.15) is 0 Å². The predicted molar refractivity (Wildman–Crippen MR) is 61.4 cm³/mol. The second-order valence-corrected chi connectivity index (χ2v) is 5.37. The first-order valence-corrected chi connectivity index (χ1v) is 6.58. The quantitative estimate of drug-likeness (QED) is 0.663. The van der Waals surface area contributed by atoms with Crippen molar-refractivity contribution in [2.24, 2.45) is 11.3 Å². The maximum Gasteiger partial charge on any atom is 0.00105 e. The van der Waals surface area contributed by atoms with E-state index in [4.69, 9.17) is 0 Å². The highest BCUT2D eigenvalue weighted by molar-refractivity contribution is 4.95. The lowest BCUT2D eigenvalue weighted by molar-refractivity contribution is 0.0873. The Labute approximate surface area is 88.7 Å². The molecule has 0 amide bonds. The molecule has 0 spiro atoms.